The molecule has 1 aromatic carbocycles. The summed E-state index contributed by atoms with van der Waals surface area (Å²) in [6.07, 6.45) is 1.99. The van der Waals surface area contributed by atoms with Gasteiger partial charge in [-0.15, -0.1) is 0 Å². The highest BCUT2D eigenvalue weighted by atomic mass is 16.6. The molecule has 0 amide bonds. The molecule has 0 aliphatic carbocycles. The van der Waals surface area contributed by atoms with Crippen molar-refractivity contribution in [2.45, 2.75) is 71.7 Å². The van der Waals surface area contributed by atoms with Crippen molar-refractivity contribution in [1.29, 1.82) is 0 Å². The van der Waals surface area contributed by atoms with Crippen LogP contribution in [0.3, 0.4) is 0 Å². The van der Waals surface area contributed by atoms with E-state index in [1.807, 2.05) is 18.2 Å². The van der Waals surface area contributed by atoms with Crippen molar-refractivity contribution in [1.82, 2.24) is 0 Å². The van der Waals surface area contributed by atoms with Gasteiger partial charge in [0.05, 0.1) is 31.0 Å². The molecule has 0 bridgehead atoms. The fourth-order valence-electron chi connectivity index (χ4n) is 2.31. The van der Waals surface area contributed by atoms with E-state index in [-0.39, 0.29) is 17.2 Å². The second-order valence-electron chi connectivity index (χ2n) is 7.83. The Kier molecular flexibility index (Phi) is 10.6. The Morgan fingerprint density at radius 3 is 2.15 bits per heavy atom. The number of esters is 1. The maximum Gasteiger partial charge on any atom is 0.305 e. The number of hydrogen-bond donors (Lipinski definition) is 0. The van der Waals surface area contributed by atoms with Gasteiger partial charge >= 0.3 is 5.97 Å². The van der Waals surface area contributed by atoms with E-state index in [4.69, 9.17) is 18.9 Å². The molecular formula is C22H36O5. The normalized spacial score (nSPS) is 12.2. The lowest BCUT2D eigenvalue weighted by Gasteiger charge is -2.30. The maximum atomic E-state index is 11.0. The topological polar surface area (TPSA) is 54.0 Å². The van der Waals surface area contributed by atoms with E-state index in [2.05, 4.69) is 39.8 Å². The molecule has 5 nitrogen and oxygen atoms in total. The molecular weight excluding hydrogens is 344 g/mol. The summed E-state index contributed by atoms with van der Waals surface area (Å²) in [7, 11) is 0. The fourth-order valence-corrected chi connectivity index (χ4v) is 2.31. The first kappa shape index (κ1) is 23.6. The van der Waals surface area contributed by atoms with Crippen LogP contribution in [-0.2, 0) is 30.3 Å². The summed E-state index contributed by atoms with van der Waals surface area (Å²) in [4.78, 5) is 11.0. The number of hydrogen-bond acceptors (Lipinski definition) is 5. The van der Waals surface area contributed by atoms with Crippen molar-refractivity contribution in [3.05, 3.63) is 35.9 Å². The second-order valence-corrected chi connectivity index (χ2v) is 7.83. The molecule has 0 unspecified atom stereocenters. The zero-order valence-corrected chi connectivity index (χ0v) is 17.6. The fraction of sp³-hybridized carbons (Fsp3) is 0.682. The number of rotatable bonds is 14. The second kappa shape index (κ2) is 12.1. The molecule has 0 fully saturated rings. The van der Waals surface area contributed by atoms with Crippen LogP contribution in [0.1, 0.15) is 59.4 Å². The highest BCUT2D eigenvalue weighted by Gasteiger charge is 2.22. The minimum atomic E-state index is -0.268. The highest BCUT2D eigenvalue weighted by Crippen LogP contribution is 2.21. The smallest absolute Gasteiger partial charge is 0.305 e. The summed E-state index contributed by atoms with van der Waals surface area (Å²) in [5, 5.41) is 0. The maximum absolute atomic E-state index is 11.0. The van der Waals surface area contributed by atoms with Gasteiger partial charge in [0, 0.05) is 13.0 Å². The van der Waals surface area contributed by atoms with Gasteiger partial charge in [-0.3, -0.25) is 4.79 Å². The lowest BCUT2D eigenvalue weighted by molar-refractivity contribution is -0.145. The summed E-state index contributed by atoms with van der Waals surface area (Å²) in [5.41, 5.74) is 0.662. The van der Waals surface area contributed by atoms with E-state index >= 15 is 0 Å². The summed E-state index contributed by atoms with van der Waals surface area (Å²) in [6, 6.07) is 10.2. The predicted octanol–water partition coefficient (Wildman–Crippen LogP) is 4.53. The van der Waals surface area contributed by atoms with Gasteiger partial charge in [-0.05, 0) is 46.1 Å². The first-order valence-corrected chi connectivity index (χ1v) is 9.79. The van der Waals surface area contributed by atoms with E-state index in [0.29, 0.717) is 39.5 Å². The summed E-state index contributed by atoms with van der Waals surface area (Å²) < 4.78 is 22.6. The van der Waals surface area contributed by atoms with Crippen LogP contribution in [0.5, 0.6) is 0 Å². The van der Waals surface area contributed by atoms with Crippen molar-refractivity contribution in [2.24, 2.45) is 0 Å². The summed E-state index contributed by atoms with van der Waals surface area (Å²) >= 11 is 0. The van der Waals surface area contributed by atoms with E-state index in [1.54, 1.807) is 6.92 Å². The molecule has 0 aliphatic rings. The van der Waals surface area contributed by atoms with E-state index in [9.17, 15) is 4.79 Å². The van der Waals surface area contributed by atoms with Crippen LogP contribution in [0.25, 0.3) is 0 Å². The van der Waals surface area contributed by atoms with Crippen molar-refractivity contribution in [3.8, 4) is 0 Å². The van der Waals surface area contributed by atoms with Crippen molar-refractivity contribution < 1.29 is 23.7 Å². The molecule has 0 radical (unpaired) electrons. The van der Waals surface area contributed by atoms with E-state index < -0.39 is 0 Å². The van der Waals surface area contributed by atoms with Crippen LogP contribution < -0.4 is 0 Å². The zero-order valence-electron chi connectivity index (χ0n) is 17.6. The molecule has 1 rings (SSSR count). The number of carbonyl (C=O) groups is 1. The highest BCUT2D eigenvalue weighted by molar-refractivity contribution is 5.68. The van der Waals surface area contributed by atoms with Crippen LogP contribution in [0.4, 0.5) is 0 Å². The van der Waals surface area contributed by atoms with Gasteiger partial charge in [0.2, 0.25) is 0 Å². The summed E-state index contributed by atoms with van der Waals surface area (Å²) in [6.45, 7) is 12.6. The molecule has 0 N–H and O–H groups in total. The molecule has 0 aliphatic heterocycles. The molecule has 5 heteroatoms. The standard InChI is InChI=1S/C22H36O5/c1-6-20(23)25-17-16-24-14-12-21(2,3)26-15-13-22(4,5)27-18-19-10-8-7-9-11-19/h7-11H,6,12-18H2,1-5H3. The van der Waals surface area contributed by atoms with Gasteiger partial charge in [-0.25, -0.2) is 0 Å². The Morgan fingerprint density at radius 1 is 0.852 bits per heavy atom. The van der Waals surface area contributed by atoms with Gasteiger partial charge in [0.15, 0.2) is 0 Å². The third-order valence-corrected chi connectivity index (χ3v) is 4.30. The molecule has 1 aromatic rings. The minimum Gasteiger partial charge on any atom is -0.463 e. The molecule has 0 heterocycles. The molecule has 0 spiro atoms. The van der Waals surface area contributed by atoms with E-state index in [1.165, 1.54) is 5.56 Å². The first-order valence-electron chi connectivity index (χ1n) is 9.79. The number of carbonyl (C=O) groups excluding carboxylic acids is 1. The Morgan fingerprint density at radius 2 is 1.48 bits per heavy atom. The monoisotopic (exact) mass is 380 g/mol. The van der Waals surface area contributed by atoms with Crippen LogP contribution >= 0.6 is 0 Å². The van der Waals surface area contributed by atoms with Crippen LogP contribution in [0.2, 0.25) is 0 Å². The number of ether oxygens (including phenoxy) is 4. The van der Waals surface area contributed by atoms with Crippen molar-refractivity contribution in [2.75, 3.05) is 26.4 Å². The van der Waals surface area contributed by atoms with Crippen molar-refractivity contribution in [3.63, 3.8) is 0 Å². The SMILES string of the molecule is CCC(=O)OCCOCCC(C)(C)OCCC(C)(C)OCc1ccccc1. The lowest BCUT2D eigenvalue weighted by atomic mass is 10.0. The predicted molar refractivity (Wildman–Crippen MR) is 107 cm³/mol. The molecule has 0 atom stereocenters. The Balaban J connectivity index is 2.15. The average Bonchev–Trinajstić information content (AvgIpc) is 2.63. The minimum absolute atomic E-state index is 0.195. The van der Waals surface area contributed by atoms with Gasteiger partial charge in [0.25, 0.3) is 0 Å². The molecule has 0 aromatic heterocycles. The third kappa shape index (κ3) is 11.8. The Labute approximate surface area is 164 Å². The molecule has 27 heavy (non-hydrogen) atoms. The Hall–Kier alpha value is -1.43. The first-order chi connectivity index (χ1) is 12.7. The van der Waals surface area contributed by atoms with Crippen LogP contribution in [0.15, 0.2) is 30.3 Å². The van der Waals surface area contributed by atoms with Crippen molar-refractivity contribution >= 4 is 5.97 Å². The Bertz CT molecular complexity index is 525. The molecule has 0 saturated carbocycles. The lowest BCUT2D eigenvalue weighted by Crippen LogP contribution is -2.31. The van der Waals surface area contributed by atoms with Crippen LogP contribution in [0, 0.1) is 0 Å². The van der Waals surface area contributed by atoms with Gasteiger partial charge < -0.3 is 18.9 Å². The summed E-state index contributed by atoms with van der Waals surface area (Å²) in [5.74, 6) is -0.195. The largest absolute Gasteiger partial charge is 0.463 e. The third-order valence-electron chi connectivity index (χ3n) is 4.30. The quantitative estimate of drug-likeness (QED) is 0.351. The number of benzene rings is 1. The van der Waals surface area contributed by atoms with Gasteiger partial charge in [-0.2, -0.15) is 0 Å². The molecule has 154 valence electrons. The zero-order chi connectivity index (χ0) is 20.2. The van der Waals surface area contributed by atoms with Gasteiger partial charge in [-0.1, -0.05) is 37.3 Å². The van der Waals surface area contributed by atoms with Crippen LogP contribution in [-0.4, -0.2) is 43.6 Å². The average molecular weight is 381 g/mol. The molecule has 0 saturated heterocycles. The van der Waals surface area contributed by atoms with Gasteiger partial charge in [0.1, 0.15) is 6.61 Å². The van der Waals surface area contributed by atoms with E-state index in [0.717, 1.165) is 12.8 Å².